The van der Waals surface area contributed by atoms with Crippen molar-refractivity contribution < 1.29 is 0 Å². The third-order valence-electron chi connectivity index (χ3n) is 3.39. The Morgan fingerprint density at radius 2 is 0.840 bits per heavy atom. The van der Waals surface area contributed by atoms with Crippen LogP contribution in [0.1, 0.15) is 139 Å². The maximum atomic E-state index is 3.07. The zero-order valence-electron chi connectivity index (χ0n) is 19.2. The lowest BCUT2D eigenvalue weighted by atomic mass is 10.1. The molecule has 0 amide bonds. The lowest BCUT2D eigenvalue weighted by Gasteiger charge is -1.98. The topological polar surface area (TPSA) is 0 Å². The standard InChI is InChI=1S/C15H24.C6H14.2C2H6/c1-3-5-7-9-11-13-15-14-12-10-8-6-4-2;1-3-5-6-4-2;2*1-2/h3,5,7,9,11-15H2,1-2H3;3-6H2,1-2H3;2*1-2H3. The molecule has 0 nitrogen and oxygen atoms in total. The summed E-state index contributed by atoms with van der Waals surface area (Å²) in [6, 6.07) is 0. The molecule has 0 heterocycles. The van der Waals surface area contributed by atoms with Crippen LogP contribution in [0.4, 0.5) is 0 Å². The van der Waals surface area contributed by atoms with Crippen molar-refractivity contribution in [3.05, 3.63) is 0 Å². The molecule has 150 valence electrons. The Labute approximate surface area is 163 Å². The van der Waals surface area contributed by atoms with Crippen molar-refractivity contribution >= 4 is 0 Å². The Hall–Kier alpha value is -0.880. The van der Waals surface area contributed by atoms with Gasteiger partial charge in [-0.1, -0.05) is 131 Å². The highest BCUT2D eigenvalue weighted by molar-refractivity contribution is 5.24. The predicted molar refractivity (Wildman–Crippen MR) is 121 cm³/mol. The fourth-order valence-electron chi connectivity index (χ4n) is 2.02. The van der Waals surface area contributed by atoms with E-state index in [-0.39, 0.29) is 0 Å². The summed E-state index contributed by atoms with van der Waals surface area (Å²) in [7, 11) is 0. The number of unbranched alkanes of at least 4 members (excludes halogenated alkanes) is 11. The van der Waals surface area contributed by atoms with Crippen molar-refractivity contribution in [2.45, 2.75) is 139 Å². The van der Waals surface area contributed by atoms with Gasteiger partial charge in [0.2, 0.25) is 0 Å². The van der Waals surface area contributed by atoms with Gasteiger partial charge in [0.1, 0.15) is 0 Å². The molecule has 0 aromatic rings. The SMILES string of the molecule is CC.CC.CC#CC#CCCCCCCCCCC.CCCCCC. The molecule has 0 atom stereocenters. The first-order valence-corrected chi connectivity index (χ1v) is 11.2. The van der Waals surface area contributed by atoms with Crippen LogP contribution in [0.15, 0.2) is 0 Å². The first kappa shape index (κ1) is 31.8. The second-order valence-corrected chi connectivity index (χ2v) is 5.61. The molecule has 0 aliphatic carbocycles. The van der Waals surface area contributed by atoms with Crippen molar-refractivity contribution in [3.63, 3.8) is 0 Å². The van der Waals surface area contributed by atoms with E-state index in [1.807, 2.05) is 34.6 Å². The van der Waals surface area contributed by atoms with Crippen LogP contribution in [0.25, 0.3) is 0 Å². The summed E-state index contributed by atoms with van der Waals surface area (Å²) >= 11 is 0. The third kappa shape index (κ3) is 51.7. The van der Waals surface area contributed by atoms with E-state index in [9.17, 15) is 0 Å². The molecule has 25 heavy (non-hydrogen) atoms. The molecule has 0 bridgehead atoms. The van der Waals surface area contributed by atoms with Gasteiger partial charge in [0.05, 0.1) is 0 Å². The van der Waals surface area contributed by atoms with E-state index in [0.717, 1.165) is 6.42 Å². The van der Waals surface area contributed by atoms with Crippen molar-refractivity contribution in [2.24, 2.45) is 0 Å². The minimum Gasteiger partial charge on any atom is -0.0925 e. The van der Waals surface area contributed by atoms with Crippen LogP contribution in [-0.4, -0.2) is 0 Å². The Balaban J connectivity index is -0.000000184. The Morgan fingerprint density at radius 1 is 0.480 bits per heavy atom. The normalized spacial score (nSPS) is 7.84. The summed E-state index contributed by atoms with van der Waals surface area (Å²) in [6.45, 7) is 16.5. The van der Waals surface area contributed by atoms with Crippen LogP contribution in [0, 0.1) is 23.7 Å². The highest BCUT2D eigenvalue weighted by atomic mass is 14.0. The predicted octanol–water partition coefficient (Wildman–Crippen LogP) is 9.18. The maximum absolute atomic E-state index is 3.07. The van der Waals surface area contributed by atoms with Crippen molar-refractivity contribution in [3.8, 4) is 23.7 Å². The van der Waals surface area contributed by atoms with Crippen LogP contribution in [-0.2, 0) is 0 Å². The molecule has 0 aliphatic rings. The molecule has 0 spiro atoms. The monoisotopic (exact) mass is 350 g/mol. The van der Waals surface area contributed by atoms with Gasteiger partial charge in [-0.25, -0.2) is 0 Å². The van der Waals surface area contributed by atoms with Crippen molar-refractivity contribution in [1.82, 2.24) is 0 Å². The zero-order chi connectivity index (χ0) is 20.0. The lowest BCUT2D eigenvalue weighted by molar-refractivity contribution is 0.579. The molecular weight excluding hydrogens is 300 g/mol. The summed E-state index contributed by atoms with van der Waals surface area (Å²) in [5.74, 6) is 11.5. The van der Waals surface area contributed by atoms with E-state index >= 15 is 0 Å². The number of rotatable bonds is 11. The quantitative estimate of drug-likeness (QED) is 0.257. The number of hydrogen-bond donors (Lipinski definition) is 0. The minimum atomic E-state index is 1.02. The van der Waals surface area contributed by atoms with Gasteiger partial charge in [0.25, 0.3) is 0 Å². The Kier molecular flexibility index (Phi) is 55.5. The van der Waals surface area contributed by atoms with Crippen molar-refractivity contribution in [2.75, 3.05) is 0 Å². The average Bonchev–Trinajstić information content (AvgIpc) is 2.68. The van der Waals surface area contributed by atoms with Crippen LogP contribution in [0.2, 0.25) is 0 Å². The van der Waals surface area contributed by atoms with E-state index in [4.69, 9.17) is 0 Å². The lowest BCUT2D eigenvalue weighted by Crippen LogP contribution is -1.79. The van der Waals surface area contributed by atoms with E-state index in [1.165, 1.54) is 77.0 Å². The smallest absolute Gasteiger partial charge is 0.00989 e. The molecule has 0 saturated heterocycles. The van der Waals surface area contributed by atoms with Crippen LogP contribution in [0.3, 0.4) is 0 Å². The average molecular weight is 351 g/mol. The van der Waals surface area contributed by atoms with Gasteiger partial charge in [-0.3, -0.25) is 0 Å². The minimum absolute atomic E-state index is 1.02. The Bertz CT molecular complexity index is 275. The molecule has 0 aromatic heterocycles. The largest absolute Gasteiger partial charge is 0.0925 e. The summed E-state index contributed by atoms with van der Waals surface area (Å²) in [5.41, 5.74) is 0. The van der Waals surface area contributed by atoms with Gasteiger partial charge in [-0.15, -0.1) is 0 Å². The highest BCUT2D eigenvalue weighted by Crippen LogP contribution is 2.08. The fourth-order valence-corrected chi connectivity index (χ4v) is 2.02. The van der Waals surface area contributed by atoms with Gasteiger partial charge in [0, 0.05) is 6.42 Å². The molecular formula is C25H50. The molecule has 0 unspecified atom stereocenters. The molecule has 0 aromatic carbocycles. The molecule has 0 rings (SSSR count). The molecule has 0 radical (unpaired) electrons. The second kappa shape index (κ2) is 43.5. The molecule has 0 saturated carbocycles. The van der Waals surface area contributed by atoms with E-state index in [0.29, 0.717) is 0 Å². The Morgan fingerprint density at radius 3 is 1.24 bits per heavy atom. The van der Waals surface area contributed by atoms with Gasteiger partial charge in [0.15, 0.2) is 0 Å². The molecule has 0 aliphatic heterocycles. The van der Waals surface area contributed by atoms with Crippen LogP contribution in [0.5, 0.6) is 0 Å². The summed E-state index contributed by atoms with van der Waals surface area (Å²) < 4.78 is 0. The molecule has 0 N–H and O–H groups in total. The summed E-state index contributed by atoms with van der Waals surface area (Å²) in [6.07, 6.45) is 17.5. The van der Waals surface area contributed by atoms with Crippen LogP contribution < -0.4 is 0 Å². The molecule has 0 fully saturated rings. The van der Waals surface area contributed by atoms with Gasteiger partial charge in [-0.2, -0.15) is 0 Å². The van der Waals surface area contributed by atoms with Gasteiger partial charge in [-0.05, 0) is 25.2 Å². The van der Waals surface area contributed by atoms with Gasteiger partial charge >= 0.3 is 0 Å². The van der Waals surface area contributed by atoms with E-state index < -0.39 is 0 Å². The number of hydrogen-bond acceptors (Lipinski definition) is 0. The zero-order valence-corrected chi connectivity index (χ0v) is 19.2. The highest BCUT2D eigenvalue weighted by Gasteiger charge is 1.89. The van der Waals surface area contributed by atoms with Gasteiger partial charge < -0.3 is 0 Å². The summed E-state index contributed by atoms with van der Waals surface area (Å²) in [5, 5.41) is 0. The first-order chi connectivity index (χ1) is 12.3. The third-order valence-corrected chi connectivity index (χ3v) is 3.39. The van der Waals surface area contributed by atoms with E-state index in [1.54, 1.807) is 0 Å². The van der Waals surface area contributed by atoms with E-state index in [2.05, 4.69) is 44.5 Å². The summed E-state index contributed by atoms with van der Waals surface area (Å²) in [4.78, 5) is 0. The maximum Gasteiger partial charge on any atom is 0.00989 e. The van der Waals surface area contributed by atoms with Crippen molar-refractivity contribution in [1.29, 1.82) is 0 Å². The fraction of sp³-hybridized carbons (Fsp3) is 0.840. The second-order valence-electron chi connectivity index (χ2n) is 5.61. The molecule has 0 heteroatoms. The first-order valence-electron chi connectivity index (χ1n) is 11.2. The van der Waals surface area contributed by atoms with Crippen LogP contribution >= 0.6 is 0 Å².